The Balaban J connectivity index is 3.14. The van der Waals surface area contributed by atoms with Crippen molar-refractivity contribution in [3.63, 3.8) is 0 Å². The van der Waals surface area contributed by atoms with Gasteiger partial charge in [-0.2, -0.15) is 0 Å². The molecule has 0 unspecified atom stereocenters. The van der Waals surface area contributed by atoms with E-state index in [0.29, 0.717) is 5.56 Å². The molecule has 5 nitrogen and oxygen atoms in total. The summed E-state index contributed by atoms with van der Waals surface area (Å²) in [5, 5.41) is 8.93. The maximum atomic E-state index is 12.4. The van der Waals surface area contributed by atoms with Crippen LogP contribution in [0, 0.1) is 6.92 Å². The summed E-state index contributed by atoms with van der Waals surface area (Å²) in [5.74, 6) is -2.32. The Hall–Kier alpha value is -1.88. The van der Waals surface area contributed by atoms with E-state index in [-0.39, 0.29) is 6.42 Å². The van der Waals surface area contributed by atoms with Crippen LogP contribution in [0.5, 0.6) is 0 Å². The van der Waals surface area contributed by atoms with Crippen LogP contribution in [0.2, 0.25) is 0 Å². The predicted molar refractivity (Wildman–Crippen MR) is 80.0 cm³/mol. The Morgan fingerprint density at radius 1 is 1.29 bits per heavy atom. The van der Waals surface area contributed by atoms with Crippen LogP contribution in [0.4, 0.5) is 0 Å². The Labute approximate surface area is 125 Å². The number of rotatable bonds is 5. The van der Waals surface area contributed by atoms with Crippen LogP contribution in [-0.4, -0.2) is 28.7 Å². The number of carboxylic acid groups (broad SMARTS) is 1. The molecule has 3 N–H and O–H groups in total. The lowest BCUT2D eigenvalue weighted by molar-refractivity contribution is -0.157. The van der Waals surface area contributed by atoms with Gasteiger partial charge in [0, 0.05) is 6.04 Å². The van der Waals surface area contributed by atoms with Crippen LogP contribution in [0.25, 0.3) is 0 Å². The molecule has 0 amide bonds. The Kier molecular flexibility index (Phi) is 5.49. The number of carbonyl (C=O) groups is 2. The highest BCUT2D eigenvalue weighted by Crippen LogP contribution is 2.27. The molecule has 1 aromatic carbocycles. The van der Waals surface area contributed by atoms with E-state index in [2.05, 4.69) is 0 Å². The highest BCUT2D eigenvalue weighted by Gasteiger charge is 2.33. The molecule has 0 bridgehead atoms. The second-order valence-corrected chi connectivity index (χ2v) is 6.13. The summed E-state index contributed by atoms with van der Waals surface area (Å²) in [6.07, 6.45) is -0.293. The summed E-state index contributed by atoms with van der Waals surface area (Å²) >= 11 is 0. The monoisotopic (exact) mass is 293 g/mol. The topological polar surface area (TPSA) is 89.6 Å². The van der Waals surface area contributed by atoms with Crippen molar-refractivity contribution in [2.45, 2.75) is 51.7 Å². The lowest BCUT2D eigenvalue weighted by atomic mass is 9.87. The average Bonchev–Trinajstić information content (AvgIpc) is 2.28. The zero-order valence-corrected chi connectivity index (χ0v) is 12.9. The molecular weight excluding hydrogens is 270 g/mol. The van der Waals surface area contributed by atoms with Gasteiger partial charge in [-0.25, -0.2) is 0 Å². The number of hydrogen-bond acceptors (Lipinski definition) is 4. The van der Waals surface area contributed by atoms with Crippen molar-refractivity contribution >= 4 is 11.9 Å². The molecule has 0 aromatic heterocycles. The van der Waals surface area contributed by atoms with Gasteiger partial charge in [-0.15, -0.1) is 0 Å². The van der Waals surface area contributed by atoms with Crippen molar-refractivity contribution in [1.29, 1.82) is 0 Å². The summed E-state index contributed by atoms with van der Waals surface area (Å²) in [4.78, 5) is 23.3. The van der Waals surface area contributed by atoms with Crippen LogP contribution in [0.1, 0.15) is 44.2 Å². The smallest absolute Gasteiger partial charge is 0.315 e. The van der Waals surface area contributed by atoms with Gasteiger partial charge < -0.3 is 15.6 Å². The summed E-state index contributed by atoms with van der Waals surface area (Å²) < 4.78 is 5.40. The average molecular weight is 293 g/mol. The quantitative estimate of drug-likeness (QED) is 0.812. The molecule has 21 heavy (non-hydrogen) atoms. The number of carboxylic acids is 1. The van der Waals surface area contributed by atoms with Crippen LogP contribution in [0.3, 0.4) is 0 Å². The first-order chi connectivity index (χ1) is 9.61. The third-order valence-corrected chi connectivity index (χ3v) is 3.02. The van der Waals surface area contributed by atoms with Crippen molar-refractivity contribution in [1.82, 2.24) is 0 Å². The second kappa shape index (κ2) is 6.72. The Morgan fingerprint density at radius 2 is 1.86 bits per heavy atom. The molecule has 0 fully saturated rings. The standard InChI is InChI=1S/C16H23NO4/c1-10-7-5-6-8-11(10)14(12(17)9-13(18)19)15(20)21-16(2,3)4/h5-8,12,14H,9,17H2,1-4H3,(H,18,19)/t12-,14+/m0/s1. The minimum Gasteiger partial charge on any atom is -0.481 e. The van der Waals surface area contributed by atoms with Crippen molar-refractivity contribution in [2.75, 3.05) is 0 Å². The van der Waals surface area contributed by atoms with E-state index < -0.39 is 29.5 Å². The summed E-state index contributed by atoms with van der Waals surface area (Å²) in [6.45, 7) is 7.16. The molecule has 0 aliphatic carbocycles. The van der Waals surface area contributed by atoms with E-state index in [0.717, 1.165) is 5.56 Å². The molecule has 0 aliphatic rings. The number of aliphatic carboxylic acids is 1. The molecule has 0 spiro atoms. The van der Waals surface area contributed by atoms with Crippen LogP contribution in [0.15, 0.2) is 24.3 Å². The SMILES string of the molecule is Cc1ccccc1[C@@H](C(=O)OC(C)(C)C)[C@@H](N)CC(=O)O. The van der Waals surface area contributed by atoms with E-state index in [4.69, 9.17) is 15.6 Å². The third-order valence-electron chi connectivity index (χ3n) is 3.02. The van der Waals surface area contributed by atoms with Gasteiger partial charge >= 0.3 is 11.9 Å². The van der Waals surface area contributed by atoms with Crippen molar-refractivity contribution in [3.8, 4) is 0 Å². The maximum Gasteiger partial charge on any atom is 0.315 e. The van der Waals surface area contributed by atoms with E-state index >= 15 is 0 Å². The van der Waals surface area contributed by atoms with E-state index in [1.165, 1.54) is 0 Å². The first-order valence-electron chi connectivity index (χ1n) is 6.87. The third kappa shape index (κ3) is 5.19. The number of carbonyl (C=O) groups excluding carboxylic acids is 1. The van der Waals surface area contributed by atoms with Gasteiger partial charge in [0.05, 0.1) is 12.3 Å². The van der Waals surface area contributed by atoms with Crippen LogP contribution >= 0.6 is 0 Å². The second-order valence-electron chi connectivity index (χ2n) is 6.13. The molecule has 0 saturated carbocycles. The van der Waals surface area contributed by atoms with Gasteiger partial charge in [0.2, 0.25) is 0 Å². The minimum atomic E-state index is -1.04. The Bertz CT molecular complexity index is 519. The van der Waals surface area contributed by atoms with Crippen molar-refractivity contribution in [3.05, 3.63) is 35.4 Å². The van der Waals surface area contributed by atoms with Crippen molar-refractivity contribution in [2.24, 2.45) is 5.73 Å². The van der Waals surface area contributed by atoms with Gasteiger partial charge in [-0.3, -0.25) is 9.59 Å². The molecule has 0 heterocycles. The largest absolute Gasteiger partial charge is 0.481 e. The van der Waals surface area contributed by atoms with E-state index in [9.17, 15) is 9.59 Å². The molecule has 5 heteroatoms. The van der Waals surface area contributed by atoms with Gasteiger partial charge in [0.25, 0.3) is 0 Å². The maximum absolute atomic E-state index is 12.4. The number of benzene rings is 1. The zero-order chi connectivity index (χ0) is 16.2. The summed E-state index contributed by atoms with van der Waals surface area (Å²) in [5.41, 5.74) is 6.90. The van der Waals surface area contributed by atoms with Gasteiger partial charge in [-0.1, -0.05) is 24.3 Å². The number of hydrogen-bond donors (Lipinski definition) is 2. The molecule has 1 aromatic rings. The van der Waals surface area contributed by atoms with Gasteiger partial charge in [0.15, 0.2) is 0 Å². The lowest BCUT2D eigenvalue weighted by Crippen LogP contribution is -2.39. The molecule has 0 aliphatic heterocycles. The highest BCUT2D eigenvalue weighted by atomic mass is 16.6. The number of esters is 1. The van der Waals surface area contributed by atoms with E-state index in [1.54, 1.807) is 32.9 Å². The van der Waals surface area contributed by atoms with E-state index in [1.807, 2.05) is 19.1 Å². The number of aryl methyl sites for hydroxylation is 1. The summed E-state index contributed by atoms with van der Waals surface area (Å²) in [7, 11) is 0. The molecule has 116 valence electrons. The highest BCUT2D eigenvalue weighted by molar-refractivity contribution is 5.81. The fourth-order valence-corrected chi connectivity index (χ4v) is 2.15. The fraction of sp³-hybridized carbons (Fsp3) is 0.500. The minimum absolute atomic E-state index is 0.293. The Morgan fingerprint density at radius 3 is 2.33 bits per heavy atom. The zero-order valence-electron chi connectivity index (χ0n) is 12.9. The van der Waals surface area contributed by atoms with Crippen molar-refractivity contribution < 1.29 is 19.4 Å². The number of ether oxygens (including phenoxy) is 1. The molecule has 1 rings (SSSR count). The molecule has 0 radical (unpaired) electrons. The number of nitrogens with two attached hydrogens (primary N) is 1. The summed E-state index contributed by atoms with van der Waals surface area (Å²) in [6, 6.07) is 6.46. The molecule has 2 atom stereocenters. The van der Waals surface area contributed by atoms with Gasteiger partial charge in [0.1, 0.15) is 5.60 Å². The van der Waals surface area contributed by atoms with Gasteiger partial charge in [-0.05, 0) is 38.8 Å². The van der Waals surface area contributed by atoms with Crippen LogP contribution < -0.4 is 5.73 Å². The predicted octanol–water partition coefficient (Wildman–Crippen LogP) is 2.22. The molecular formula is C16H23NO4. The van der Waals surface area contributed by atoms with Crippen LogP contribution in [-0.2, 0) is 14.3 Å². The first-order valence-corrected chi connectivity index (χ1v) is 6.87. The molecule has 0 saturated heterocycles. The normalized spacial score (nSPS) is 14.3. The fourth-order valence-electron chi connectivity index (χ4n) is 2.15. The lowest BCUT2D eigenvalue weighted by Gasteiger charge is -2.27. The first kappa shape index (κ1) is 17.2.